The summed E-state index contributed by atoms with van der Waals surface area (Å²) in [5, 5.41) is 12.4. The molecule has 1 atom stereocenters. The lowest BCUT2D eigenvalue weighted by Crippen LogP contribution is -2.32. The number of aromatic amines is 1. The maximum Gasteiger partial charge on any atom is 0.270 e. The molecule has 1 aromatic carbocycles. The van der Waals surface area contributed by atoms with Crippen LogP contribution in [0.25, 0.3) is 0 Å². The largest absolute Gasteiger partial charge is 0.394 e. The number of carbonyl (C=O) groups excluding carboxylic acids is 1. The molecule has 126 valence electrons. The van der Waals surface area contributed by atoms with E-state index < -0.39 is 11.9 Å². The Labute approximate surface area is 140 Å². The molecule has 0 aliphatic heterocycles. The van der Waals surface area contributed by atoms with Crippen molar-refractivity contribution in [2.75, 3.05) is 6.61 Å². The van der Waals surface area contributed by atoms with E-state index in [0.717, 1.165) is 24.8 Å². The fraction of sp³-hybridized carbons (Fsp3) is 0.389. The minimum atomic E-state index is -0.533. The van der Waals surface area contributed by atoms with E-state index in [1.807, 2.05) is 24.3 Å². The van der Waals surface area contributed by atoms with E-state index in [0.29, 0.717) is 5.82 Å². The van der Waals surface area contributed by atoms with Crippen LogP contribution in [0.5, 0.6) is 0 Å². The summed E-state index contributed by atoms with van der Waals surface area (Å²) >= 11 is 0. The van der Waals surface area contributed by atoms with Gasteiger partial charge in [-0.25, -0.2) is 4.98 Å². The Morgan fingerprint density at radius 3 is 2.67 bits per heavy atom. The summed E-state index contributed by atoms with van der Waals surface area (Å²) in [6, 6.07) is 8.38. The van der Waals surface area contributed by atoms with Crippen molar-refractivity contribution in [3.63, 3.8) is 0 Å². The van der Waals surface area contributed by atoms with E-state index in [9.17, 15) is 14.7 Å². The van der Waals surface area contributed by atoms with Gasteiger partial charge in [-0.3, -0.25) is 9.59 Å². The van der Waals surface area contributed by atoms with Crippen molar-refractivity contribution in [2.24, 2.45) is 0 Å². The number of aliphatic hydroxyl groups is 1. The lowest BCUT2D eigenvalue weighted by Gasteiger charge is -2.17. The highest BCUT2D eigenvalue weighted by Gasteiger charge is 2.27. The van der Waals surface area contributed by atoms with Gasteiger partial charge in [-0.05, 0) is 30.4 Å². The Kier molecular flexibility index (Phi) is 4.76. The number of hydrogen-bond donors (Lipinski definition) is 3. The van der Waals surface area contributed by atoms with Gasteiger partial charge in [0.1, 0.15) is 11.5 Å². The zero-order chi connectivity index (χ0) is 17.1. The van der Waals surface area contributed by atoms with Gasteiger partial charge in [0.05, 0.1) is 12.6 Å². The third-order valence-electron chi connectivity index (χ3n) is 4.23. The zero-order valence-electron chi connectivity index (χ0n) is 13.6. The van der Waals surface area contributed by atoms with Crippen LogP contribution >= 0.6 is 0 Å². The van der Waals surface area contributed by atoms with E-state index in [4.69, 9.17) is 0 Å². The molecule has 0 bridgehead atoms. The number of benzene rings is 1. The third kappa shape index (κ3) is 3.71. The number of aryl methyl sites for hydroxylation is 1. The van der Waals surface area contributed by atoms with E-state index in [2.05, 4.69) is 22.2 Å². The van der Waals surface area contributed by atoms with Gasteiger partial charge in [-0.2, -0.15) is 0 Å². The van der Waals surface area contributed by atoms with Gasteiger partial charge in [0, 0.05) is 12.0 Å². The molecule has 3 rings (SSSR count). The normalized spacial score (nSPS) is 15.1. The molecule has 1 amide bonds. The minimum absolute atomic E-state index is 0.0873. The number of aromatic nitrogens is 2. The minimum Gasteiger partial charge on any atom is -0.394 e. The molecule has 0 spiro atoms. The Hall–Kier alpha value is -2.47. The van der Waals surface area contributed by atoms with Gasteiger partial charge < -0.3 is 15.4 Å². The van der Waals surface area contributed by atoms with Crippen LogP contribution in [-0.2, 0) is 6.42 Å². The fourth-order valence-corrected chi connectivity index (χ4v) is 2.60. The number of hydrogen-bond acceptors (Lipinski definition) is 4. The van der Waals surface area contributed by atoms with Gasteiger partial charge in [0.2, 0.25) is 0 Å². The van der Waals surface area contributed by atoms with E-state index in [1.165, 1.54) is 11.6 Å². The van der Waals surface area contributed by atoms with Crippen molar-refractivity contribution in [2.45, 2.75) is 38.1 Å². The summed E-state index contributed by atoms with van der Waals surface area (Å²) in [6.45, 7) is 1.84. The van der Waals surface area contributed by atoms with Crippen LogP contribution in [0.15, 0.2) is 35.1 Å². The molecule has 0 saturated heterocycles. The smallest absolute Gasteiger partial charge is 0.270 e. The molecule has 1 aliphatic rings. The molecule has 6 heteroatoms. The van der Waals surface area contributed by atoms with Crippen LogP contribution in [0.3, 0.4) is 0 Å². The fourth-order valence-electron chi connectivity index (χ4n) is 2.60. The van der Waals surface area contributed by atoms with Crippen LogP contribution in [0, 0.1) is 0 Å². The number of amides is 1. The number of nitrogens with zero attached hydrogens (tertiary/aromatic N) is 1. The maximum atomic E-state index is 12.4. The molecule has 1 unspecified atom stereocenters. The highest BCUT2D eigenvalue weighted by atomic mass is 16.3. The molecule has 1 aromatic heterocycles. The lowest BCUT2D eigenvalue weighted by molar-refractivity contribution is 0.0910. The standard InChI is InChI=1S/C18H21N3O3/c1-2-11-3-5-12(6-4-11)15(10-22)20-18(24)14-9-16(23)21-17(19-14)13-7-8-13/h3-6,9,13,15,22H,2,7-8,10H2,1H3,(H,20,24)(H,19,21,23). The monoisotopic (exact) mass is 327 g/mol. The molecule has 2 aromatic rings. The van der Waals surface area contributed by atoms with E-state index in [-0.39, 0.29) is 23.8 Å². The molecule has 1 saturated carbocycles. The van der Waals surface area contributed by atoms with Gasteiger partial charge in [-0.15, -0.1) is 0 Å². The van der Waals surface area contributed by atoms with Crippen molar-refractivity contribution in [1.82, 2.24) is 15.3 Å². The van der Waals surface area contributed by atoms with E-state index in [1.54, 1.807) is 0 Å². The SMILES string of the molecule is CCc1ccc(C(CO)NC(=O)c2cc(=O)[nH]c(C3CC3)n2)cc1. The van der Waals surface area contributed by atoms with Gasteiger partial charge in [0.15, 0.2) is 0 Å². The number of nitrogens with one attached hydrogen (secondary N) is 2. The summed E-state index contributed by atoms with van der Waals surface area (Å²) < 4.78 is 0. The van der Waals surface area contributed by atoms with E-state index >= 15 is 0 Å². The van der Waals surface area contributed by atoms with Crippen LogP contribution in [0.1, 0.15) is 59.2 Å². The molecule has 3 N–H and O–H groups in total. The quantitative estimate of drug-likeness (QED) is 0.752. The number of rotatable bonds is 6. The summed E-state index contributed by atoms with van der Waals surface area (Å²) in [5.41, 5.74) is 1.76. The van der Waals surface area contributed by atoms with Gasteiger partial charge in [0.25, 0.3) is 11.5 Å². The summed E-state index contributed by atoms with van der Waals surface area (Å²) in [4.78, 5) is 31.1. The number of H-pyrrole nitrogens is 1. The first-order valence-corrected chi connectivity index (χ1v) is 8.22. The van der Waals surface area contributed by atoms with Crippen LogP contribution < -0.4 is 10.9 Å². The van der Waals surface area contributed by atoms with Crippen LogP contribution in [-0.4, -0.2) is 27.6 Å². The number of aliphatic hydroxyl groups excluding tert-OH is 1. The summed E-state index contributed by atoms with van der Waals surface area (Å²) in [6.07, 6.45) is 2.89. The topological polar surface area (TPSA) is 95.1 Å². The van der Waals surface area contributed by atoms with Crippen molar-refractivity contribution in [1.29, 1.82) is 0 Å². The van der Waals surface area contributed by atoms with Gasteiger partial charge in [-0.1, -0.05) is 31.2 Å². The first-order valence-electron chi connectivity index (χ1n) is 8.22. The lowest BCUT2D eigenvalue weighted by atomic mass is 10.0. The molecule has 0 radical (unpaired) electrons. The number of carbonyl (C=O) groups is 1. The van der Waals surface area contributed by atoms with Crippen molar-refractivity contribution >= 4 is 5.91 Å². The first kappa shape index (κ1) is 16.4. The molecule has 1 fully saturated rings. The third-order valence-corrected chi connectivity index (χ3v) is 4.23. The molecule has 6 nitrogen and oxygen atoms in total. The predicted octanol–water partition coefficient (Wildman–Crippen LogP) is 1.67. The highest BCUT2D eigenvalue weighted by Crippen LogP contribution is 2.37. The molecule has 1 heterocycles. The second-order valence-electron chi connectivity index (χ2n) is 6.09. The second kappa shape index (κ2) is 6.97. The molecular formula is C18H21N3O3. The average Bonchev–Trinajstić information content (AvgIpc) is 3.44. The van der Waals surface area contributed by atoms with Crippen molar-refractivity contribution < 1.29 is 9.90 Å². The Balaban J connectivity index is 1.77. The Morgan fingerprint density at radius 1 is 1.38 bits per heavy atom. The molecular weight excluding hydrogens is 306 g/mol. The Morgan fingerprint density at radius 2 is 2.08 bits per heavy atom. The summed E-state index contributed by atoms with van der Waals surface area (Å²) in [5.74, 6) is 0.364. The summed E-state index contributed by atoms with van der Waals surface area (Å²) in [7, 11) is 0. The van der Waals surface area contributed by atoms with Crippen LogP contribution in [0.4, 0.5) is 0 Å². The van der Waals surface area contributed by atoms with Gasteiger partial charge >= 0.3 is 0 Å². The Bertz CT molecular complexity index is 779. The first-order chi connectivity index (χ1) is 11.6. The molecule has 24 heavy (non-hydrogen) atoms. The highest BCUT2D eigenvalue weighted by molar-refractivity contribution is 5.92. The van der Waals surface area contributed by atoms with Crippen LogP contribution in [0.2, 0.25) is 0 Å². The van der Waals surface area contributed by atoms with Crippen molar-refractivity contribution in [3.8, 4) is 0 Å². The average molecular weight is 327 g/mol. The van der Waals surface area contributed by atoms with Crippen molar-refractivity contribution in [3.05, 3.63) is 63.3 Å². The second-order valence-corrected chi connectivity index (χ2v) is 6.09. The molecule has 1 aliphatic carbocycles. The predicted molar refractivity (Wildman–Crippen MR) is 89.9 cm³/mol. The zero-order valence-corrected chi connectivity index (χ0v) is 13.6. The maximum absolute atomic E-state index is 12.4.